The lowest BCUT2D eigenvalue weighted by atomic mass is 10.1. The van der Waals surface area contributed by atoms with Crippen LogP contribution in [0.3, 0.4) is 0 Å². The monoisotopic (exact) mass is 303 g/mol. The van der Waals surface area contributed by atoms with Crippen LogP contribution in [-0.4, -0.2) is 37.5 Å². The van der Waals surface area contributed by atoms with E-state index in [4.69, 9.17) is 4.42 Å². The first-order valence-electron chi connectivity index (χ1n) is 7.24. The highest BCUT2D eigenvalue weighted by Crippen LogP contribution is 2.27. The fourth-order valence-electron chi connectivity index (χ4n) is 2.41. The lowest BCUT2D eigenvalue weighted by Gasteiger charge is -2.16. The first kappa shape index (κ1) is 16.0. The second kappa shape index (κ2) is 7.09. The van der Waals surface area contributed by atoms with Crippen molar-refractivity contribution in [2.75, 3.05) is 20.6 Å². The summed E-state index contributed by atoms with van der Waals surface area (Å²) in [7, 11) is 3.31. The molecule has 0 spiro atoms. The fraction of sp³-hybridized carbons (Fsp3) is 0.375. The maximum absolute atomic E-state index is 11.7. The van der Waals surface area contributed by atoms with Gasteiger partial charge in [-0.25, -0.2) is 4.79 Å². The van der Waals surface area contributed by atoms with Gasteiger partial charge >= 0.3 is 6.03 Å². The fourth-order valence-corrected chi connectivity index (χ4v) is 2.41. The summed E-state index contributed by atoms with van der Waals surface area (Å²) in [5.41, 5.74) is 1.95. The van der Waals surface area contributed by atoms with Crippen molar-refractivity contribution < 1.29 is 14.0 Å². The number of rotatable bonds is 5. The normalized spacial score (nSPS) is 10.9. The number of hydrogen-bond acceptors (Lipinski definition) is 4. The van der Waals surface area contributed by atoms with Crippen LogP contribution in [-0.2, 0) is 17.8 Å². The molecule has 1 aromatic heterocycles. The molecule has 118 valence electrons. The lowest BCUT2D eigenvalue weighted by Crippen LogP contribution is -2.42. The van der Waals surface area contributed by atoms with E-state index in [2.05, 4.69) is 10.6 Å². The average Bonchev–Trinajstić information content (AvgIpc) is 2.84. The first-order chi connectivity index (χ1) is 10.5. The standard InChI is InChI=1S/C16H21N3O3/c1-4-13-12(11-7-5-6-8-14(11)22-13)9-19(3)10-15(20)18-16(21)17-2/h5-8H,4,9-10H2,1-3H3,(H2,17,18,20,21). The summed E-state index contributed by atoms with van der Waals surface area (Å²) in [5, 5.41) is 5.67. The molecule has 6 heteroatoms. The average molecular weight is 303 g/mol. The molecule has 1 heterocycles. The summed E-state index contributed by atoms with van der Waals surface area (Å²) in [6.07, 6.45) is 0.794. The van der Waals surface area contributed by atoms with E-state index in [1.165, 1.54) is 7.05 Å². The molecule has 0 aliphatic rings. The van der Waals surface area contributed by atoms with Gasteiger partial charge in [-0.1, -0.05) is 25.1 Å². The number of benzene rings is 1. The molecule has 2 aromatic rings. The van der Waals surface area contributed by atoms with E-state index in [9.17, 15) is 9.59 Å². The minimum Gasteiger partial charge on any atom is -0.461 e. The van der Waals surface area contributed by atoms with E-state index in [0.29, 0.717) is 6.54 Å². The van der Waals surface area contributed by atoms with E-state index in [1.807, 2.05) is 43.1 Å². The zero-order valence-corrected chi connectivity index (χ0v) is 13.1. The SMILES string of the molecule is CCc1oc2ccccc2c1CN(C)CC(=O)NC(=O)NC. The molecular formula is C16H21N3O3. The molecule has 0 aliphatic heterocycles. The highest BCUT2D eigenvalue weighted by Gasteiger charge is 2.16. The Hall–Kier alpha value is -2.34. The number of hydrogen-bond donors (Lipinski definition) is 2. The number of fused-ring (bicyclic) bond motifs is 1. The molecular weight excluding hydrogens is 282 g/mol. The van der Waals surface area contributed by atoms with Gasteiger partial charge in [0.05, 0.1) is 6.54 Å². The van der Waals surface area contributed by atoms with Gasteiger partial charge in [-0.05, 0) is 13.1 Å². The summed E-state index contributed by atoms with van der Waals surface area (Å²) < 4.78 is 5.84. The molecule has 0 bridgehead atoms. The van der Waals surface area contributed by atoms with Gasteiger partial charge < -0.3 is 9.73 Å². The smallest absolute Gasteiger partial charge is 0.321 e. The third kappa shape index (κ3) is 3.65. The zero-order valence-electron chi connectivity index (χ0n) is 13.1. The van der Waals surface area contributed by atoms with Crippen LogP contribution in [0.5, 0.6) is 0 Å². The molecule has 0 unspecified atom stereocenters. The molecule has 2 rings (SSSR count). The third-order valence-corrected chi connectivity index (χ3v) is 3.42. The second-order valence-electron chi connectivity index (χ2n) is 5.15. The van der Waals surface area contributed by atoms with Crippen LogP contribution in [0.15, 0.2) is 28.7 Å². The van der Waals surface area contributed by atoms with Crippen molar-refractivity contribution >= 4 is 22.9 Å². The summed E-state index contributed by atoms with van der Waals surface area (Å²) in [5.74, 6) is 0.590. The number of amides is 3. The number of nitrogens with one attached hydrogen (secondary N) is 2. The van der Waals surface area contributed by atoms with Crippen molar-refractivity contribution in [1.82, 2.24) is 15.5 Å². The highest BCUT2D eigenvalue weighted by atomic mass is 16.3. The van der Waals surface area contributed by atoms with E-state index in [-0.39, 0.29) is 12.5 Å². The number of carbonyl (C=O) groups excluding carboxylic acids is 2. The maximum atomic E-state index is 11.7. The molecule has 1 aromatic carbocycles. The van der Waals surface area contributed by atoms with E-state index >= 15 is 0 Å². The van der Waals surface area contributed by atoms with Crippen molar-refractivity contribution in [1.29, 1.82) is 0 Å². The van der Waals surface area contributed by atoms with E-state index < -0.39 is 6.03 Å². The maximum Gasteiger partial charge on any atom is 0.321 e. The number of urea groups is 1. The van der Waals surface area contributed by atoms with Gasteiger partial charge in [-0.3, -0.25) is 15.0 Å². The molecule has 2 N–H and O–H groups in total. The van der Waals surface area contributed by atoms with Gasteiger partial charge in [0, 0.05) is 31.0 Å². The summed E-state index contributed by atoms with van der Waals surface area (Å²) in [6.45, 7) is 2.76. The van der Waals surface area contributed by atoms with Gasteiger partial charge in [0.2, 0.25) is 5.91 Å². The van der Waals surface area contributed by atoms with Crippen LogP contribution in [0.1, 0.15) is 18.2 Å². The van der Waals surface area contributed by atoms with E-state index in [0.717, 1.165) is 28.7 Å². The van der Waals surface area contributed by atoms with Crippen molar-refractivity contribution in [3.05, 3.63) is 35.6 Å². The van der Waals surface area contributed by atoms with Crippen LogP contribution in [0, 0.1) is 0 Å². The number of aryl methyl sites for hydroxylation is 1. The molecule has 0 aliphatic carbocycles. The van der Waals surface area contributed by atoms with Crippen LogP contribution >= 0.6 is 0 Å². The third-order valence-electron chi connectivity index (χ3n) is 3.42. The van der Waals surface area contributed by atoms with E-state index in [1.54, 1.807) is 0 Å². The molecule has 3 amide bonds. The zero-order chi connectivity index (χ0) is 16.1. The van der Waals surface area contributed by atoms with Crippen molar-refractivity contribution in [3.8, 4) is 0 Å². The Morgan fingerprint density at radius 3 is 2.68 bits per heavy atom. The first-order valence-corrected chi connectivity index (χ1v) is 7.24. The van der Waals surface area contributed by atoms with Crippen LogP contribution in [0.2, 0.25) is 0 Å². The number of likely N-dealkylation sites (N-methyl/N-ethyl adjacent to an activating group) is 1. The molecule has 6 nitrogen and oxygen atoms in total. The summed E-state index contributed by atoms with van der Waals surface area (Å²) in [4.78, 5) is 24.7. The number of nitrogens with zero attached hydrogens (tertiary/aromatic N) is 1. The van der Waals surface area contributed by atoms with Crippen molar-refractivity contribution in [2.45, 2.75) is 19.9 Å². The molecule has 0 saturated carbocycles. The molecule has 22 heavy (non-hydrogen) atoms. The Kier molecular flexibility index (Phi) is 5.16. The predicted molar refractivity (Wildman–Crippen MR) is 84.5 cm³/mol. The minimum atomic E-state index is -0.499. The molecule has 0 atom stereocenters. The minimum absolute atomic E-state index is 0.135. The van der Waals surface area contributed by atoms with Gasteiger partial charge in [0.1, 0.15) is 11.3 Å². The number of carbonyl (C=O) groups is 2. The Morgan fingerprint density at radius 2 is 2.00 bits per heavy atom. The Balaban J connectivity index is 2.09. The van der Waals surface area contributed by atoms with Crippen molar-refractivity contribution in [3.63, 3.8) is 0 Å². The van der Waals surface area contributed by atoms with Crippen LogP contribution in [0.4, 0.5) is 4.79 Å². The highest BCUT2D eigenvalue weighted by molar-refractivity contribution is 5.95. The van der Waals surface area contributed by atoms with Crippen LogP contribution in [0.25, 0.3) is 11.0 Å². The Labute approximate surface area is 129 Å². The second-order valence-corrected chi connectivity index (χ2v) is 5.15. The van der Waals surface area contributed by atoms with Gasteiger partial charge in [0.25, 0.3) is 0 Å². The lowest BCUT2D eigenvalue weighted by molar-refractivity contribution is -0.120. The number of imide groups is 1. The summed E-state index contributed by atoms with van der Waals surface area (Å²) in [6, 6.07) is 7.37. The Bertz CT molecular complexity index is 678. The molecule has 0 saturated heterocycles. The largest absolute Gasteiger partial charge is 0.461 e. The summed E-state index contributed by atoms with van der Waals surface area (Å²) >= 11 is 0. The quantitative estimate of drug-likeness (QED) is 0.884. The molecule has 0 fully saturated rings. The van der Waals surface area contributed by atoms with Gasteiger partial charge in [-0.2, -0.15) is 0 Å². The Morgan fingerprint density at radius 1 is 1.27 bits per heavy atom. The van der Waals surface area contributed by atoms with Gasteiger partial charge in [-0.15, -0.1) is 0 Å². The topological polar surface area (TPSA) is 74.6 Å². The molecule has 0 radical (unpaired) electrons. The van der Waals surface area contributed by atoms with Crippen molar-refractivity contribution in [2.24, 2.45) is 0 Å². The van der Waals surface area contributed by atoms with Gasteiger partial charge in [0.15, 0.2) is 0 Å². The van der Waals surface area contributed by atoms with Crippen LogP contribution < -0.4 is 10.6 Å². The number of para-hydroxylation sites is 1. The predicted octanol–water partition coefficient (Wildman–Crippen LogP) is 1.88. The number of furan rings is 1.